The highest BCUT2D eigenvalue weighted by atomic mass is 16.2. The van der Waals surface area contributed by atoms with Gasteiger partial charge in [0, 0.05) is 11.5 Å². The molecule has 3 nitrogen and oxygen atoms in total. The van der Waals surface area contributed by atoms with Crippen LogP contribution in [0.2, 0.25) is 0 Å². The van der Waals surface area contributed by atoms with Gasteiger partial charge in [0.15, 0.2) is 0 Å². The third-order valence-corrected chi connectivity index (χ3v) is 3.10. The highest BCUT2D eigenvalue weighted by Crippen LogP contribution is 2.42. The van der Waals surface area contributed by atoms with Crippen LogP contribution in [0.25, 0.3) is 0 Å². The maximum atomic E-state index is 12.1. The first-order valence-electron chi connectivity index (χ1n) is 5.19. The summed E-state index contributed by atoms with van der Waals surface area (Å²) >= 11 is 0. The molecule has 0 aliphatic heterocycles. The van der Waals surface area contributed by atoms with Gasteiger partial charge in [0.25, 0.3) is 0 Å². The Morgan fingerprint density at radius 3 is 2.43 bits per heavy atom. The van der Waals surface area contributed by atoms with Gasteiger partial charge in [0.2, 0.25) is 5.91 Å². The number of hydrogen-bond acceptors (Lipinski definition) is 2. The van der Waals surface area contributed by atoms with Crippen LogP contribution in [0.15, 0.2) is 0 Å². The van der Waals surface area contributed by atoms with Gasteiger partial charge in [-0.3, -0.25) is 4.79 Å². The van der Waals surface area contributed by atoms with E-state index in [9.17, 15) is 4.79 Å². The van der Waals surface area contributed by atoms with Crippen molar-refractivity contribution >= 4 is 5.91 Å². The Morgan fingerprint density at radius 1 is 1.57 bits per heavy atom. The molecule has 3 heteroatoms. The van der Waals surface area contributed by atoms with Crippen LogP contribution in [-0.4, -0.2) is 23.4 Å². The summed E-state index contributed by atoms with van der Waals surface area (Å²) in [5.41, 5.74) is -0.179. The van der Waals surface area contributed by atoms with Gasteiger partial charge in [-0.1, -0.05) is 13.3 Å². The van der Waals surface area contributed by atoms with E-state index in [4.69, 9.17) is 5.26 Å². The fraction of sp³-hybridized carbons (Fsp3) is 0.818. The first-order chi connectivity index (χ1) is 6.51. The molecule has 1 aliphatic rings. The van der Waals surface area contributed by atoms with Crippen molar-refractivity contribution in [3.63, 3.8) is 0 Å². The summed E-state index contributed by atoms with van der Waals surface area (Å²) in [6, 6.07) is 2.18. The van der Waals surface area contributed by atoms with E-state index in [2.05, 4.69) is 6.07 Å². The zero-order valence-electron chi connectivity index (χ0n) is 9.21. The average Bonchev–Trinajstić information content (AvgIpc) is 2.08. The van der Waals surface area contributed by atoms with Crippen molar-refractivity contribution in [2.75, 3.05) is 6.54 Å². The van der Waals surface area contributed by atoms with Crippen molar-refractivity contribution in [2.45, 2.75) is 46.1 Å². The SMILES string of the molecule is CC(C)N(CC#N)C(=O)C1(C)CCC1. The van der Waals surface area contributed by atoms with Gasteiger partial charge in [0.05, 0.1) is 6.07 Å². The summed E-state index contributed by atoms with van der Waals surface area (Å²) in [5, 5.41) is 8.65. The van der Waals surface area contributed by atoms with Gasteiger partial charge in [0.1, 0.15) is 6.54 Å². The summed E-state index contributed by atoms with van der Waals surface area (Å²) in [7, 11) is 0. The fourth-order valence-electron chi connectivity index (χ4n) is 1.83. The second kappa shape index (κ2) is 4.00. The van der Waals surface area contributed by atoms with Crippen LogP contribution in [-0.2, 0) is 4.79 Å². The molecule has 0 N–H and O–H groups in total. The lowest BCUT2D eigenvalue weighted by Crippen LogP contribution is -2.48. The van der Waals surface area contributed by atoms with Crippen molar-refractivity contribution in [2.24, 2.45) is 5.41 Å². The van der Waals surface area contributed by atoms with E-state index in [1.165, 1.54) is 0 Å². The van der Waals surface area contributed by atoms with E-state index in [-0.39, 0.29) is 23.9 Å². The van der Waals surface area contributed by atoms with Gasteiger partial charge in [-0.15, -0.1) is 0 Å². The Labute approximate surface area is 85.7 Å². The number of hydrogen-bond donors (Lipinski definition) is 0. The van der Waals surface area contributed by atoms with Crippen molar-refractivity contribution in [3.05, 3.63) is 0 Å². The van der Waals surface area contributed by atoms with Crippen LogP contribution in [0.4, 0.5) is 0 Å². The summed E-state index contributed by atoms with van der Waals surface area (Å²) in [5.74, 6) is 0.153. The molecule has 0 spiro atoms. The van der Waals surface area contributed by atoms with Crippen LogP contribution in [0, 0.1) is 16.7 Å². The summed E-state index contributed by atoms with van der Waals surface area (Å²) in [6.07, 6.45) is 3.09. The predicted molar refractivity (Wildman–Crippen MR) is 54.4 cm³/mol. The number of nitriles is 1. The molecule has 0 unspecified atom stereocenters. The van der Waals surface area contributed by atoms with Crippen molar-refractivity contribution < 1.29 is 4.79 Å². The number of amides is 1. The Bertz CT molecular complexity index is 261. The fourth-order valence-corrected chi connectivity index (χ4v) is 1.83. The van der Waals surface area contributed by atoms with Crippen LogP contribution in [0.1, 0.15) is 40.0 Å². The summed E-state index contributed by atoms with van der Waals surface area (Å²) in [4.78, 5) is 13.7. The lowest BCUT2D eigenvalue weighted by molar-refractivity contribution is -0.147. The average molecular weight is 194 g/mol. The predicted octanol–water partition coefficient (Wildman–Crippen LogP) is 1.94. The normalized spacial score (nSPS) is 18.5. The maximum absolute atomic E-state index is 12.1. The molecule has 0 atom stereocenters. The zero-order chi connectivity index (χ0) is 10.8. The largest absolute Gasteiger partial charge is 0.326 e. The molecule has 0 radical (unpaired) electrons. The van der Waals surface area contributed by atoms with Gasteiger partial charge >= 0.3 is 0 Å². The lowest BCUT2D eigenvalue weighted by Gasteiger charge is -2.41. The molecule has 0 heterocycles. The molecule has 0 aromatic heterocycles. The van der Waals surface area contributed by atoms with E-state index in [0.29, 0.717) is 0 Å². The molecule has 1 saturated carbocycles. The Morgan fingerprint density at radius 2 is 2.14 bits per heavy atom. The number of nitrogens with zero attached hydrogens (tertiary/aromatic N) is 2. The molecule has 1 fully saturated rings. The van der Waals surface area contributed by atoms with E-state index in [1.807, 2.05) is 20.8 Å². The minimum Gasteiger partial charge on any atom is -0.326 e. The molecule has 0 bridgehead atoms. The topological polar surface area (TPSA) is 44.1 Å². The van der Waals surface area contributed by atoms with E-state index < -0.39 is 0 Å². The van der Waals surface area contributed by atoms with Crippen molar-refractivity contribution in [1.29, 1.82) is 5.26 Å². The third kappa shape index (κ3) is 1.89. The van der Waals surface area contributed by atoms with Crippen molar-refractivity contribution in [1.82, 2.24) is 4.90 Å². The molecule has 0 aromatic carbocycles. The van der Waals surface area contributed by atoms with Crippen LogP contribution in [0.5, 0.6) is 0 Å². The van der Waals surface area contributed by atoms with E-state index in [1.54, 1.807) is 4.90 Å². The molecule has 1 rings (SSSR count). The highest BCUT2D eigenvalue weighted by Gasteiger charge is 2.42. The quantitative estimate of drug-likeness (QED) is 0.644. The van der Waals surface area contributed by atoms with Crippen LogP contribution in [0.3, 0.4) is 0 Å². The first-order valence-corrected chi connectivity index (χ1v) is 5.19. The molecular formula is C11H18N2O. The van der Waals surface area contributed by atoms with Gasteiger partial charge < -0.3 is 4.90 Å². The number of carbonyl (C=O) groups excluding carboxylic acids is 1. The second-order valence-corrected chi connectivity index (χ2v) is 4.60. The Hall–Kier alpha value is -1.04. The molecule has 14 heavy (non-hydrogen) atoms. The first kappa shape index (κ1) is 11.0. The molecule has 0 aromatic rings. The molecule has 0 saturated heterocycles. The van der Waals surface area contributed by atoms with Crippen LogP contribution < -0.4 is 0 Å². The zero-order valence-corrected chi connectivity index (χ0v) is 9.21. The maximum Gasteiger partial charge on any atom is 0.229 e. The lowest BCUT2D eigenvalue weighted by atomic mass is 9.69. The molecule has 78 valence electrons. The number of rotatable bonds is 3. The Balaban J connectivity index is 2.69. The monoisotopic (exact) mass is 194 g/mol. The van der Waals surface area contributed by atoms with Crippen molar-refractivity contribution in [3.8, 4) is 6.07 Å². The Kier molecular flexibility index (Phi) is 3.15. The van der Waals surface area contributed by atoms with Crippen LogP contribution >= 0.6 is 0 Å². The second-order valence-electron chi connectivity index (χ2n) is 4.60. The third-order valence-electron chi connectivity index (χ3n) is 3.10. The van der Waals surface area contributed by atoms with E-state index in [0.717, 1.165) is 19.3 Å². The van der Waals surface area contributed by atoms with Gasteiger partial charge in [-0.25, -0.2) is 0 Å². The highest BCUT2D eigenvalue weighted by molar-refractivity contribution is 5.83. The summed E-state index contributed by atoms with van der Waals surface area (Å²) in [6.45, 7) is 6.13. The van der Waals surface area contributed by atoms with Gasteiger partial charge in [-0.2, -0.15) is 5.26 Å². The minimum atomic E-state index is -0.179. The minimum absolute atomic E-state index is 0.125. The van der Waals surface area contributed by atoms with Gasteiger partial charge in [-0.05, 0) is 26.7 Å². The standard InChI is InChI=1S/C11H18N2O/c1-9(2)13(8-7-12)10(14)11(3)5-4-6-11/h9H,4-6,8H2,1-3H3. The van der Waals surface area contributed by atoms with E-state index >= 15 is 0 Å². The number of carbonyl (C=O) groups is 1. The smallest absolute Gasteiger partial charge is 0.229 e. The molecule has 1 amide bonds. The molecular weight excluding hydrogens is 176 g/mol. The molecule has 1 aliphatic carbocycles. The summed E-state index contributed by atoms with van der Waals surface area (Å²) < 4.78 is 0.